The van der Waals surface area contributed by atoms with Gasteiger partial charge < -0.3 is 15.4 Å². The number of hydrogen-bond donors (Lipinski definition) is 1. The molecule has 0 aromatic heterocycles. The van der Waals surface area contributed by atoms with Gasteiger partial charge in [-0.25, -0.2) is 0 Å². The van der Waals surface area contributed by atoms with Crippen LogP contribution in [0.1, 0.15) is 15.9 Å². The molecule has 2 aromatic carbocycles. The third kappa shape index (κ3) is 5.66. The second-order valence-electron chi connectivity index (χ2n) is 6.11. The van der Waals surface area contributed by atoms with Crippen molar-refractivity contribution in [1.29, 1.82) is 0 Å². The topological polar surface area (TPSA) is 58.8 Å². The average molecular weight is 433 g/mol. The largest absolute Gasteiger partial charge is 0.496 e. The monoisotopic (exact) mass is 431 g/mol. The summed E-state index contributed by atoms with van der Waals surface area (Å²) in [4.78, 5) is 16.8. The Bertz CT molecular complexity index is 766. The molecular formula is C19H24Cl3N3O2. The summed E-state index contributed by atoms with van der Waals surface area (Å²) in [5.41, 5.74) is 8.08. The van der Waals surface area contributed by atoms with Crippen LogP contribution in [-0.2, 0) is 6.54 Å². The van der Waals surface area contributed by atoms with Crippen LogP contribution in [0.5, 0.6) is 5.75 Å². The molecule has 1 aliphatic heterocycles. The first-order chi connectivity index (χ1) is 12.1. The van der Waals surface area contributed by atoms with Crippen LogP contribution in [0.25, 0.3) is 0 Å². The van der Waals surface area contributed by atoms with Gasteiger partial charge in [-0.1, -0.05) is 23.7 Å². The Labute approximate surface area is 177 Å². The quantitative estimate of drug-likeness (QED) is 0.748. The molecule has 1 heterocycles. The van der Waals surface area contributed by atoms with Crippen molar-refractivity contribution in [2.24, 2.45) is 0 Å². The van der Waals surface area contributed by atoms with Crippen LogP contribution in [-0.4, -0.2) is 49.0 Å². The van der Waals surface area contributed by atoms with Gasteiger partial charge in [0.2, 0.25) is 0 Å². The van der Waals surface area contributed by atoms with Crippen molar-refractivity contribution < 1.29 is 9.53 Å². The van der Waals surface area contributed by atoms with Gasteiger partial charge in [-0.2, -0.15) is 0 Å². The molecule has 0 unspecified atom stereocenters. The standard InChI is InChI=1S/C19H22ClN3O2.2ClH/c1-25-18-7-6-15(20)12-14(18)13-22-8-10-23(11-9-22)19(24)16-4-2-3-5-17(16)21;;/h2-7,12H,8-11,13,21H2,1H3;2*1H. The summed E-state index contributed by atoms with van der Waals surface area (Å²) in [6.45, 7) is 3.70. The Balaban J connectivity index is 0.00000182. The Morgan fingerprint density at radius 1 is 1.11 bits per heavy atom. The molecule has 8 heteroatoms. The summed E-state index contributed by atoms with van der Waals surface area (Å²) < 4.78 is 5.41. The maximum atomic E-state index is 12.6. The molecule has 1 fully saturated rings. The SMILES string of the molecule is COc1ccc(Cl)cc1CN1CCN(C(=O)c2ccccc2N)CC1.Cl.Cl. The van der Waals surface area contributed by atoms with E-state index >= 15 is 0 Å². The van der Waals surface area contributed by atoms with Gasteiger partial charge in [-0.15, -0.1) is 24.8 Å². The van der Waals surface area contributed by atoms with Gasteiger partial charge in [0, 0.05) is 49.0 Å². The molecule has 27 heavy (non-hydrogen) atoms. The van der Waals surface area contributed by atoms with E-state index in [0.717, 1.165) is 30.9 Å². The van der Waals surface area contributed by atoms with Crippen molar-refractivity contribution >= 4 is 48.0 Å². The van der Waals surface area contributed by atoms with Crippen LogP contribution in [0, 0.1) is 0 Å². The van der Waals surface area contributed by atoms with Gasteiger partial charge >= 0.3 is 0 Å². The smallest absolute Gasteiger partial charge is 0.256 e. The molecule has 3 rings (SSSR count). The predicted octanol–water partition coefficient (Wildman–Crippen LogP) is 3.73. The highest BCUT2D eigenvalue weighted by Crippen LogP contribution is 2.24. The number of nitrogens with zero attached hydrogens (tertiary/aromatic N) is 2. The van der Waals surface area contributed by atoms with Crippen molar-refractivity contribution in [3.63, 3.8) is 0 Å². The molecule has 0 atom stereocenters. The number of rotatable bonds is 4. The molecule has 148 valence electrons. The Morgan fingerprint density at radius 2 is 1.78 bits per heavy atom. The molecule has 2 N–H and O–H groups in total. The third-order valence-corrected chi connectivity index (χ3v) is 4.72. The number of halogens is 3. The predicted molar refractivity (Wildman–Crippen MR) is 115 cm³/mol. The normalized spacial score (nSPS) is 14.1. The Hall–Kier alpha value is -1.66. The number of para-hydroxylation sites is 1. The van der Waals surface area contributed by atoms with Crippen molar-refractivity contribution in [3.05, 3.63) is 58.6 Å². The lowest BCUT2D eigenvalue weighted by Gasteiger charge is -2.35. The number of carbonyl (C=O) groups is 1. The van der Waals surface area contributed by atoms with Crippen LogP contribution < -0.4 is 10.5 Å². The molecule has 5 nitrogen and oxygen atoms in total. The van der Waals surface area contributed by atoms with Crippen molar-refractivity contribution in [3.8, 4) is 5.75 Å². The van der Waals surface area contributed by atoms with E-state index < -0.39 is 0 Å². The van der Waals surface area contributed by atoms with Gasteiger partial charge in [-0.3, -0.25) is 9.69 Å². The zero-order chi connectivity index (χ0) is 17.8. The van der Waals surface area contributed by atoms with E-state index in [9.17, 15) is 4.79 Å². The van der Waals surface area contributed by atoms with Gasteiger partial charge in [0.15, 0.2) is 0 Å². The summed E-state index contributed by atoms with van der Waals surface area (Å²) in [6.07, 6.45) is 0. The van der Waals surface area contributed by atoms with Crippen LogP contribution in [0.15, 0.2) is 42.5 Å². The zero-order valence-corrected chi connectivity index (χ0v) is 17.4. The van der Waals surface area contributed by atoms with Crippen molar-refractivity contribution in [2.75, 3.05) is 39.0 Å². The zero-order valence-electron chi connectivity index (χ0n) is 15.1. The van der Waals surface area contributed by atoms with E-state index in [1.165, 1.54) is 0 Å². The van der Waals surface area contributed by atoms with Crippen LogP contribution in [0.3, 0.4) is 0 Å². The molecule has 1 amide bonds. The first-order valence-corrected chi connectivity index (χ1v) is 8.65. The van der Waals surface area contributed by atoms with Gasteiger partial charge in [0.1, 0.15) is 5.75 Å². The maximum Gasteiger partial charge on any atom is 0.256 e. The highest BCUT2D eigenvalue weighted by Gasteiger charge is 2.23. The van der Waals surface area contributed by atoms with E-state index in [-0.39, 0.29) is 30.7 Å². The number of methoxy groups -OCH3 is 1. The minimum Gasteiger partial charge on any atom is -0.496 e. The summed E-state index contributed by atoms with van der Waals surface area (Å²) >= 11 is 6.10. The summed E-state index contributed by atoms with van der Waals surface area (Å²) in [5.74, 6) is 0.832. The number of piperazine rings is 1. The van der Waals surface area contributed by atoms with Crippen molar-refractivity contribution in [2.45, 2.75) is 6.54 Å². The average Bonchev–Trinajstić information content (AvgIpc) is 2.62. The number of amides is 1. The van der Waals surface area contributed by atoms with Gasteiger partial charge in [-0.05, 0) is 30.3 Å². The number of nitrogens with two attached hydrogens (primary N) is 1. The van der Waals surface area contributed by atoms with Crippen LogP contribution >= 0.6 is 36.4 Å². The Kier molecular flexibility index (Phi) is 9.19. The number of nitrogen functional groups attached to an aromatic ring is 1. The fourth-order valence-corrected chi connectivity index (χ4v) is 3.28. The van der Waals surface area contributed by atoms with E-state index in [4.69, 9.17) is 22.1 Å². The summed E-state index contributed by atoms with van der Waals surface area (Å²) in [7, 11) is 1.66. The highest BCUT2D eigenvalue weighted by atomic mass is 35.5. The molecular weight excluding hydrogens is 409 g/mol. The van der Waals surface area contributed by atoms with Gasteiger partial charge in [0.05, 0.1) is 12.7 Å². The number of ether oxygens (including phenoxy) is 1. The molecule has 0 radical (unpaired) electrons. The third-order valence-electron chi connectivity index (χ3n) is 4.49. The highest BCUT2D eigenvalue weighted by molar-refractivity contribution is 6.30. The van der Waals surface area contributed by atoms with Crippen molar-refractivity contribution in [1.82, 2.24) is 9.80 Å². The number of benzene rings is 2. The lowest BCUT2D eigenvalue weighted by Crippen LogP contribution is -2.48. The number of anilines is 1. The molecule has 1 saturated heterocycles. The lowest BCUT2D eigenvalue weighted by molar-refractivity contribution is 0.0628. The molecule has 1 aliphatic rings. The molecule has 0 saturated carbocycles. The summed E-state index contributed by atoms with van der Waals surface area (Å²) in [5, 5.41) is 0.698. The minimum absolute atomic E-state index is 0. The number of hydrogen-bond acceptors (Lipinski definition) is 4. The molecule has 0 aliphatic carbocycles. The molecule has 2 aromatic rings. The molecule has 0 spiro atoms. The van der Waals surface area contributed by atoms with Crippen LogP contribution in [0.4, 0.5) is 5.69 Å². The van der Waals surface area contributed by atoms with E-state index in [1.54, 1.807) is 19.2 Å². The first kappa shape index (κ1) is 23.4. The minimum atomic E-state index is -0.00177. The number of carbonyl (C=O) groups excluding carboxylic acids is 1. The van der Waals surface area contributed by atoms with Gasteiger partial charge in [0.25, 0.3) is 5.91 Å². The van der Waals surface area contributed by atoms with E-state index in [1.807, 2.05) is 35.2 Å². The second-order valence-corrected chi connectivity index (χ2v) is 6.55. The first-order valence-electron chi connectivity index (χ1n) is 8.27. The van der Waals surface area contributed by atoms with E-state index in [0.29, 0.717) is 29.4 Å². The Morgan fingerprint density at radius 3 is 2.41 bits per heavy atom. The lowest BCUT2D eigenvalue weighted by atomic mass is 10.1. The second kappa shape index (κ2) is 10.6. The fraction of sp³-hybridized carbons (Fsp3) is 0.316. The van der Waals surface area contributed by atoms with Crippen LogP contribution in [0.2, 0.25) is 5.02 Å². The maximum absolute atomic E-state index is 12.6. The van der Waals surface area contributed by atoms with E-state index in [2.05, 4.69) is 4.90 Å². The fourth-order valence-electron chi connectivity index (χ4n) is 3.08. The molecule has 0 bridgehead atoms. The summed E-state index contributed by atoms with van der Waals surface area (Å²) in [6, 6.07) is 12.9.